The average molecular weight is 266 g/mol. The zero-order valence-corrected chi connectivity index (χ0v) is 13.3. The molecular weight excluding hydrogens is 232 g/mol. The van der Waals surface area contributed by atoms with Gasteiger partial charge in [-0.1, -0.05) is 19.8 Å². The predicted octanol–water partition coefficient (Wildman–Crippen LogP) is 3.67. The molecule has 2 aliphatic rings. The highest BCUT2D eigenvalue weighted by atomic mass is 15.2. The van der Waals surface area contributed by atoms with E-state index < -0.39 is 0 Å². The summed E-state index contributed by atoms with van der Waals surface area (Å²) in [4.78, 5) is 2.76. The first-order chi connectivity index (χ1) is 9.20. The van der Waals surface area contributed by atoms with E-state index in [1.165, 1.54) is 64.6 Å². The molecule has 2 atom stereocenters. The monoisotopic (exact) mass is 266 g/mol. The lowest BCUT2D eigenvalue weighted by Crippen LogP contribution is -2.46. The van der Waals surface area contributed by atoms with Gasteiger partial charge in [0.2, 0.25) is 0 Å². The van der Waals surface area contributed by atoms with E-state index in [-0.39, 0.29) is 0 Å². The van der Waals surface area contributed by atoms with E-state index in [1.54, 1.807) is 0 Å². The zero-order valence-electron chi connectivity index (χ0n) is 13.3. The number of nitrogens with zero attached hydrogens (tertiary/aromatic N) is 1. The van der Waals surface area contributed by atoms with Crippen LogP contribution in [0, 0.1) is 11.8 Å². The molecule has 0 aromatic heterocycles. The molecule has 0 saturated heterocycles. The van der Waals surface area contributed by atoms with Crippen molar-refractivity contribution in [3.8, 4) is 0 Å². The summed E-state index contributed by atoms with van der Waals surface area (Å²) in [6.45, 7) is 10.9. The highest BCUT2D eigenvalue weighted by Crippen LogP contribution is 2.32. The van der Waals surface area contributed by atoms with E-state index in [4.69, 9.17) is 0 Å². The smallest absolute Gasteiger partial charge is 0.0107 e. The van der Waals surface area contributed by atoms with E-state index in [0.717, 1.165) is 17.9 Å². The van der Waals surface area contributed by atoms with Gasteiger partial charge in [-0.2, -0.15) is 0 Å². The topological polar surface area (TPSA) is 15.3 Å². The Morgan fingerprint density at radius 2 is 1.79 bits per heavy atom. The standard InChI is InChI=1S/C17H34N2/c1-4-11-18-17-8-6-5-7-16(17)13-19(14(2)3)12-15-9-10-15/h14-18H,4-13H2,1-3H3. The van der Waals surface area contributed by atoms with Crippen molar-refractivity contribution in [3.05, 3.63) is 0 Å². The molecule has 2 rings (SSSR count). The van der Waals surface area contributed by atoms with Crippen molar-refractivity contribution in [3.63, 3.8) is 0 Å². The van der Waals surface area contributed by atoms with Gasteiger partial charge in [0.25, 0.3) is 0 Å². The third-order valence-corrected chi connectivity index (χ3v) is 4.95. The second-order valence-electron chi connectivity index (χ2n) is 7.10. The normalized spacial score (nSPS) is 28.3. The van der Waals surface area contributed by atoms with Crippen molar-refractivity contribution >= 4 is 0 Å². The molecule has 2 fully saturated rings. The molecule has 0 aliphatic heterocycles. The van der Waals surface area contributed by atoms with Crippen molar-refractivity contribution in [2.75, 3.05) is 19.6 Å². The first-order valence-electron chi connectivity index (χ1n) is 8.68. The molecule has 0 aromatic rings. The summed E-state index contributed by atoms with van der Waals surface area (Å²) in [7, 11) is 0. The Kier molecular flexibility index (Phi) is 6.15. The SMILES string of the molecule is CCCNC1CCCCC1CN(CC1CC1)C(C)C. The van der Waals surface area contributed by atoms with Crippen molar-refractivity contribution in [1.29, 1.82) is 0 Å². The number of nitrogens with one attached hydrogen (secondary N) is 1. The highest BCUT2D eigenvalue weighted by molar-refractivity contribution is 4.86. The molecule has 1 N–H and O–H groups in total. The van der Waals surface area contributed by atoms with Gasteiger partial charge in [-0.25, -0.2) is 0 Å². The summed E-state index contributed by atoms with van der Waals surface area (Å²) in [5.74, 6) is 1.91. The van der Waals surface area contributed by atoms with Crippen LogP contribution in [-0.2, 0) is 0 Å². The summed E-state index contributed by atoms with van der Waals surface area (Å²) in [6, 6.07) is 1.50. The van der Waals surface area contributed by atoms with Crippen LogP contribution in [0.3, 0.4) is 0 Å². The fourth-order valence-corrected chi connectivity index (χ4v) is 3.45. The Morgan fingerprint density at radius 3 is 2.42 bits per heavy atom. The van der Waals surface area contributed by atoms with E-state index in [2.05, 4.69) is 31.0 Å². The molecule has 0 heterocycles. The summed E-state index contributed by atoms with van der Waals surface area (Å²) >= 11 is 0. The third-order valence-electron chi connectivity index (χ3n) is 4.95. The number of hydrogen-bond acceptors (Lipinski definition) is 2. The number of rotatable bonds is 8. The molecule has 0 aromatic carbocycles. The van der Waals surface area contributed by atoms with Crippen LogP contribution in [0.5, 0.6) is 0 Å². The molecule has 19 heavy (non-hydrogen) atoms. The molecule has 2 nitrogen and oxygen atoms in total. The van der Waals surface area contributed by atoms with Gasteiger partial charge in [-0.05, 0) is 64.3 Å². The fraction of sp³-hybridized carbons (Fsp3) is 1.00. The van der Waals surface area contributed by atoms with Gasteiger partial charge in [0.15, 0.2) is 0 Å². The lowest BCUT2D eigenvalue weighted by Gasteiger charge is -2.38. The second-order valence-corrected chi connectivity index (χ2v) is 7.10. The maximum atomic E-state index is 3.81. The van der Waals surface area contributed by atoms with Crippen molar-refractivity contribution < 1.29 is 0 Å². The van der Waals surface area contributed by atoms with Gasteiger partial charge in [0, 0.05) is 25.2 Å². The Morgan fingerprint density at radius 1 is 1.05 bits per heavy atom. The van der Waals surface area contributed by atoms with E-state index >= 15 is 0 Å². The van der Waals surface area contributed by atoms with E-state index in [0.29, 0.717) is 6.04 Å². The van der Waals surface area contributed by atoms with Crippen LogP contribution >= 0.6 is 0 Å². The summed E-state index contributed by atoms with van der Waals surface area (Å²) in [5.41, 5.74) is 0. The molecule has 2 saturated carbocycles. The Balaban J connectivity index is 1.84. The van der Waals surface area contributed by atoms with Crippen molar-refractivity contribution in [2.24, 2.45) is 11.8 Å². The molecule has 2 aliphatic carbocycles. The lowest BCUT2D eigenvalue weighted by atomic mass is 9.83. The first-order valence-corrected chi connectivity index (χ1v) is 8.68. The largest absolute Gasteiger partial charge is 0.314 e. The maximum Gasteiger partial charge on any atom is 0.0107 e. The lowest BCUT2D eigenvalue weighted by molar-refractivity contribution is 0.137. The molecule has 0 amide bonds. The van der Waals surface area contributed by atoms with Gasteiger partial charge in [0.05, 0.1) is 0 Å². The minimum absolute atomic E-state index is 0.717. The van der Waals surface area contributed by atoms with Gasteiger partial charge in [0.1, 0.15) is 0 Å². The number of hydrogen-bond donors (Lipinski definition) is 1. The summed E-state index contributed by atoms with van der Waals surface area (Å²) in [6.07, 6.45) is 9.94. The molecule has 2 unspecified atom stereocenters. The molecule has 0 radical (unpaired) electrons. The van der Waals surface area contributed by atoms with Crippen LogP contribution in [0.1, 0.15) is 65.7 Å². The maximum absolute atomic E-state index is 3.81. The highest BCUT2D eigenvalue weighted by Gasteiger charge is 2.30. The Labute approximate surface area is 120 Å². The quantitative estimate of drug-likeness (QED) is 0.721. The minimum Gasteiger partial charge on any atom is -0.314 e. The predicted molar refractivity (Wildman–Crippen MR) is 83.5 cm³/mol. The molecular formula is C17H34N2. The van der Waals surface area contributed by atoms with Crippen LogP contribution in [-0.4, -0.2) is 36.6 Å². The van der Waals surface area contributed by atoms with Crippen LogP contribution in [0.4, 0.5) is 0 Å². The fourth-order valence-electron chi connectivity index (χ4n) is 3.45. The van der Waals surface area contributed by atoms with Crippen LogP contribution < -0.4 is 5.32 Å². The molecule has 112 valence electrons. The van der Waals surface area contributed by atoms with Crippen LogP contribution in [0.2, 0.25) is 0 Å². The molecule has 0 bridgehead atoms. The van der Waals surface area contributed by atoms with Crippen molar-refractivity contribution in [2.45, 2.75) is 77.8 Å². The van der Waals surface area contributed by atoms with Gasteiger partial charge in [-0.15, -0.1) is 0 Å². The zero-order chi connectivity index (χ0) is 13.7. The summed E-state index contributed by atoms with van der Waals surface area (Å²) in [5, 5.41) is 3.81. The first kappa shape index (κ1) is 15.3. The van der Waals surface area contributed by atoms with Crippen LogP contribution in [0.15, 0.2) is 0 Å². The minimum atomic E-state index is 0.717. The van der Waals surface area contributed by atoms with E-state index in [1.807, 2.05) is 0 Å². The third kappa shape index (κ3) is 5.07. The van der Waals surface area contributed by atoms with Crippen LogP contribution in [0.25, 0.3) is 0 Å². The average Bonchev–Trinajstić information content (AvgIpc) is 3.20. The summed E-state index contributed by atoms with van der Waals surface area (Å²) < 4.78 is 0. The second kappa shape index (κ2) is 7.64. The molecule has 0 spiro atoms. The van der Waals surface area contributed by atoms with E-state index in [9.17, 15) is 0 Å². The van der Waals surface area contributed by atoms with Gasteiger partial charge in [-0.3, -0.25) is 0 Å². The Hall–Kier alpha value is -0.0800. The van der Waals surface area contributed by atoms with Gasteiger partial charge < -0.3 is 10.2 Å². The molecule has 2 heteroatoms. The Bertz CT molecular complexity index is 248. The van der Waals surface area contributed by atoms with Gasteiger partial charge >= 0.3 is 0 Å². The van der Waals surface area contributed by atoms with Crippen molar-refractivity contribution in [1.82, 2.24) is 10.2 Å².